The van der Waals surface area contributed by atoms with Crippen molar-refractivity contribution in [1.29, 1.82) is 0 Å². The molecule has 0 radical (unpaired) electrons. The van der Waals surface area contributed by atoms with Gasteiger partial charge in [-0.3, -0.25) is 0 Å². The molecule has 0 spiro atoms. The van der Waals surface area contributed by atoms with Crippen LogP contribution in [0.4, 0.5) is 0 Å². The van der Waals surface area contributed by atoms with E-state index in [2.05, 4.69) is 27.5 Å². The molecule has 0 N–H and O–H groups in total. The van der Waals surface area contributed by atoms with Crippen LogP contribution in [0.3, 0.4) is 0 Å². The monoisotopic (exact) mass is 164 g/mol. The molecule has 1 rings (SSSR count). The van der Waals surface area contributed by atoms with Crippen LogP contribution in [0.25, 0.3) is 0 Å². The Labute approximate surface area is 49.0 Å². The zero-order valence-corrected chi connectivity index (χ0v) is 5.78. The molecule has 0 nitrogen and oxygen atoms in total. The quantitative estimate of drug-likeness (QED) is 0.482. The third-order valence-electron chi connectivity index (χ3n) is 0.506. The molecule has 0 atom stereocenters. The molecule has 0 unspecified atom stereocenters. The predicted octanol–water partition coefficient (Wildman–Crippen LogP) is 0.274. The van der Waals surface area contributed by atoms with E-state index in [4.69, 9.17) is 0 Å². The van der Waals surface area contributed by atoms with Crippen molar-refractivity contribution in [1.82, 2.24) is 0 Å². The van der Waals surface area contributed by atoms with Gasteiger partial charge in [-0.1, -0.05) is 0 Å². The average molecular weight is 163 g/mol. The average Bonchev–Trinajstić information content (AvgIpc) is 1.86. The van der Waals surface area contributed by atoms with Crippen molar-refractivity contribution in [3.05, 3.63) is 17.5 Å². The van der Waals surface area contributed by atoms with Crippen LogP contribution >= 0.6 is 11.3 Å². The summed E-state index contributed by atoms with van der Waals surface area (Å²) in [6.45, 7) is 0. The van der Waals surface area contributed by atoms with Crippen LogP contribution in [0.1, 0.15) is 0 Å². The minimum absolute atomic E-state index is 1.32. The molecule has 6 heavy (non-hydrogen) atoms. The Morgan fingerprint density at radius 3 is 2.67 bits per heavy atom. The van der Waals surface area contributed by atoms with Crippen molar-refractivity contribution >= 4 is 31.1 Å². The number of thiophene rings is 1. The molecule has 1 aromatic heterocycles. The molecule has 0 amide bonds. The van der Waals surface area contributed by atoms with Gasteiger partial charge in [0.05, 0.1) is 0 Å². The summed E-state index contributed by atoms with van der Waals surface area (Å²) < 4.78 is 1.32. The van der Waals surface area contributed by atoms with Crippen molar-refractivity contribution in [2.75, 3.05) is 0 Å². The third kappa shape index (κ3) is 0.839. The van der Waals surface area contributed by atoms with Crippen LogP contribution in [-0.2, 0) is 0 Å². The molecule has 0 aromatic carbocycles. The first-order chi connectivity index (χ1) is 2.89. The summed E-state index contributed by atoms with van der Waals surface area (Å²) in [5.41, 5.74) is 0. The van der Waals surface area contributed by atoms with E-state index >= 15 is 0 Å². The van der Waals surface area contributed by atoms with Crippen LogP contribution in [0.5, 0.6) is 0 Å². The Morgan fingerprint density at radius 2 is 2.50 bits per heavy atom. The molecule has 1 heterocycles. The van der Waals surface area contributed by atoms with E-state index in [9.17, 15) is 0 Å². The molecule has 2 heteroatoms. The summed E-state index contributed by atoms with van der Waals surface area (Å²) >= 11 is 4.25. The second kappa shape index (κ2) is 1.78. The first-order valence-corrected chi connectivity index (χ1v) is 3.44. The van der Waals surface area contributed by atoms with E-state index in [0.29, 0.717) is 0 Å². The van der Waals surface area contributed by atoms with E-state index in [1.165, 1.54) is 3.78 Å². The van der Waals surface area contributed by atoms with Gasteiger partial charge < -0.3 is 0 Å². The first kappa shape index (κ1) is 4.38. The van der Waals surface area contributed by atoms with Gasteiger partial charge in [0.1, 0.15) is 0 Å². The van der Waals surface area contributed by atoms with E-state index in [1.54, 1.807) is 11.3 Å². The second-order valence-corrected chi connectivity index (χ2v) is 3.57. The SMILES string of the molecule is [SeH]c1cccs1. The normalized spacial score (nSPS) is 8.83. The van der Waals surface area contributed by atoms with Gasteiger partial charge in [0.2, 0.25) is 0 Å². The fraction of sp³-hybridized carbons (Fsp3) is 0. The Balaban J connectivity index is 3.05. The maximum absolute atomic E-state index is 2.50. The van der Waals surface area contributed by atoms with Crippen molar-refractivity contribution in [3.63, 3.8) is 0 Å². The summed E-state index contributed by atoms with van der Waals surface area (Å²) in [7, 11) is 0. The summed E-state index contributed by atoms with van der Waals surface area (Å²) in [6, 6.07) is 4.11. The molecule has 0 aliphatic heterocycles. The number of hydrogen-bond acceptors (Lipinski definition) is 1. The number of hydrogen-bond donors (Lipinski definition) is 0. The van der Waals surface area contributed by atoms with Gasteiger partial charge in [-0.05, 0) is 0 Å². The van der Waals surface area contributed by atoms with Gasteiger partial charge in [-0.25, -0.2) is 0 Å². The van der Waals surface area contributed by atoms with Crippen molar-refractivity contribution in [2.45, 2.75) is 0 Å². The van der Waals surface area contributed by atoms with E-state index in [-0.39, 0.29) is 0 Å². The van der Waals surface area contributed by atoms with Gasteiger partial charge in [0, 0.05) is 0 Å². The zero-order valence-electron chi connectivity index (χ0n) is 3.09. The van der Waals surface area contributed by atoms with Crippen molar-refractivity contribution < 1.29 is 0 Å². The molecule has 1 aromatic rings. The Hall–Kier alpha value is 0.219. The van der Waals surface area contributed by atoms with Gasteiger partial charge in [0.25, 0.3) is 0 Å². The first-order valence-electron chi connectivity index (χ1n) is 1.62. The molecule has 32 valence electrons. The Kier molecular flexibility index (Phi) is 1.30. The van der Waals surface area contributed by atoms with Gasteiger partial charge >= 0.3 is 48.6 Å². The summed E-state index contributed by atoms with van der Waals surface area (Å²) in [6.07, 6.45) is 0. The van der Waals surface area contributed by atoms with E-state index < -0.39 is 0 Å². The van der Waals surface area contributed by atoms with Crippen molar-refractivity contribution in [2.24, 2.45) is 0 Å². The topological polar surface area (TPSA) is 0 Å². The van der Waals surface area contributed by atoms with E-state index in [0.717, 1.165) is 0 Å². The Bertz CT molecular complexity index is 111. The molecule has 0 saturated carbocycles. The van der Waals surface area contributed by atoms with E-state index in [1.807, 2.05) is 6.07 Å². The summed E-state index contributed by atoms with van der Waals surface area (Å²) in [5, 5.41) is 2.06. The fourth-order valence-corrected chi connectivity index (χ4v) is 1.29. The predicted molar refractivity (Wildman–Crippen MR) is 31.1 cm³/mol. The molecule has 0 aliphatic carbocycles. The maximum atomic E-state index is 2.50. The summed E-state index contributed by atoms with van der Waals surface area (Å²) in [5.74, 6) is 0. The van der Waals surface area contributed by atoms with Gasteiger partial charge in [0.15, 0.2) is 0 Å². The van der Waals surface area contributed by atoms with Gasteiger partial charge in [-0.15, -0.1) is 0 Å². The zero-order chi connectivity index (χ0) is 4.41. The van der Waals surface area contributed by atoms with Crippen LogP contribution in [0.2, 0.25) is 0 Å². The van der Waals surface area contributed by atoms with Crippen LogP contribution in [-0.4, -0.2) is 16.0 Å². The molecular weight excluding hydrogens is 159 g/mol. The molecule has 0 saturated heterocycles. The van der Waals surface area contributed by atoms with Crippen molar-refractivity contribution in [3.8, 4) is 0 Å². The number of rotatable bonds is 0. The van der Waals surface area contributed by atoms with Gasteiger partial charge in [-0.2, -0.15) is 0 Å². The third-order valence-corrected chi connectivity index (χ3v) is 2.15. The molecule has 0 fully saturated rings. The Morgan fingerprint density at radius 1 is 1.67 bits per heavy atom. The van der Waals surface area contributed by atoms with Crippen LogP contribution in [0.15, 0.2) is 17.5 Å². The van der Waals surface area contributed by atoms with Crippen LogP contribution in [0, 0.1) is 0 Å². The second-order valence-electron chi connectivity index (χ2n) is 0.951. The van der Waals surface area contributed by atoms with Crippen LogP contribution < -0.4 is 3.78 Å². The summed E-state index contributed by atoms with van der Waals surface area (Å²) in [4.78, 5) is 0. The minimum atomic E-state index is 1.32. The standard InChI is InChI=1S/C4H4SSe/c6-4-2-1-3-5-4/h1-3,6H. The molecule has 0 bridgehead atoms. The fourth-order valence-electron chi connectivity index (χ4n) is 0.270. The molecular formula is C4H4SSe. The molecule has 0 aliphatic rings.